The highest BCUT2D eigenvalue weighted by Gasteiger charge is 2.32. The summed E-state index contributed by atoms with van der Waals surface area (Å²) >= 11 is 0. The summed E-state index contributed by atoms with van der Waals surface area (Å²) in [5.74, 6) is 0.665. The fraction of sp³-hybridized carbons (Fsp3) is 0.667. The predicted molar refractivity (Wildman–Crippen MR) is 59.3 cm³/mol. The average Bonchev–Trinajstić information content (AvgIpc) is 2.55. The molecule has 1 fully saturated rings. The smallest absolute Gasteiger partial charge is 0.259 e. The number of nitrogens with one attached hydrogen (secondary N) is 1. The van der Waals surface area contributed by atoms with Crippen molar-refractivity contribution in [3.8, 4) is 0 Å². The summed E-state index contributed by atoms with van der Waals surface area (Å²) in [5.41, 5.74) is 5.69. The first-order valence-electron chi connectivity index (χ1n) is 5.18. The molecular formula is C9H16N4O2S. The highest BCUT2D eigenvalue weighted by Crippen LogP contribution is 2.20. The molecule has 0 spiro atoms. The van der Waals surface area contributed by atoms with Crippen LogP contribution in [-0.4, -0.2) is 30.1 Å². The summed E-state index contributed by atoms with van der Waals surface area (Å²) in [6, 6.07) is -0.216. The molecule has 1 aromatic heterocycles. The molecule has 3 N–H and O–H groups in total. The van der Waals surface area contributed by atoms with Crippen LogP contribution in [0.3, 0.4) is 0 Å². The zero-order valence-corrected chi connectivity index (χ0v) is 10.2. The normalized spacial score (nSPS) is 25.4. The van der Waals surface area contributed by atoms with Crippen molar-refractivity contribution in [2.75, 3.05) is 0 Å². The van der Waals surface area contributed by atoms with E-state index < -0.39 is 10.0 Å². The summed E-state index contributed by atoms with van der Waals surface area (Å²) in [4.78, 5) is 3.99. The van der Waals surface area contributed by atoms with E-state index in [0.29, 0.717) is 5.82 Å². The molecule has 1 saturated carbocycles. The number of sulfonamides is 1. The van der Waals surface area contributed by atoms with E-state index in [1.165, 1.54) is 6.20 Å². The van der Waals surface area contributed by atoms with Crippen LogP contribution in [0.1, 0.15) is 18.7 Å². The molecule has 1 heterocycles. The van der Waals surface area contributed by atoms with Gasteiger partial charge < -0.3 is 10.3 Å². The monoisotopic (exact) mass is 244 g/mol. The van der Waals surface area contributed by atoms with E-state index in [9.17, 15) is 8.42 Å². The Bertz CT molecular complexity index is 474. The minimum absolute atomic E-state index is 0.0617. The van der Waals surface area contributed by atoms with Crippen LogP contribution in [-0.2, 0) is 17.1 Å². The van der Waals surface area contributed by atoms with Crippen molar-refractivity contribution in [1.82, 2.24) is 14.3 Å². The third-order valence-electron chi connectivity index (χ3n) is 3.00. The second-order valence-corrected chi connectivity index (χ2v) is 5.87. The van der Waals surface area contributed by atoms with Gasteiger partial charge in [0.05, 0.1) is 0 Å². The highest BCUT2D eigenvalue weighted by atomic mass is 32.2. The van der Waals surface area contributed by atoms with Gasteiger partial charge in [-0.1, -0.05) is 0 Å². The largest absolute Gasteiger partial charge is 0.337 e. The Morgan fingerprint density at radius 2 is 2.25 bits per heavy atom. The quantitative estimate of drug-likeness (QED) is 0.750. The van der Waals surface area contributed by atoms with Gasteiger partial charge in [-0.25, -0.2) is 18.1 Å². The number of nitrogens with zero attached hydrogens (tertiary/aromatic N) is 2. The summed E-state index contributed by atoms with van der Waals surface area (Å²) in [7, 11) is -1.76. The summed E-state index contributed by atoms with van der Waals surface area (Å²) < 4.78 is 28.1. The van der Waals surface area contributed by atoms with E-state index in [2.05, 4.69) is 9.71 Å². The summed E-state index contributed by atoms with van der Waals surface area (Å²) in [6.45, 7) is 1.76. The van der Waals surface area contributed by atoms with Crippen molar-refractivity contribution in [1.29, 1.82) is 0 Å². The van der Waals surface area contributed by atoms with E-state index in [1.807, 2.05) is 0 Å². The number of aryl methyl sites for hydroxylation is 2. The van der Waals surface area contributed by atoms with E-state index in [4.69, 9.17) is 5.73 Å². The fourth-order valence-corrected chi connectivity index (χ4v) is 2.95. The van der Waals surface area contributed by atoms with E-state index in [1.54, 1.807) is 18.5 Å². The van der Waals surface area contributed by atoms with E-state index >= 15 is 0 Å². The minimum atomic E-state index is -3.52. The Kier molecular flexibility index (Phi) is 2.77. The maximum Gasteiger partial charge on any atom is 0.259 e. The average molecular weight is 244 g/mol. The second-order valence-electron chi connectivity index (χ2n) is 4.21. The van der Waals surface area contributed by atoms with Crippen LogP contribution >= 0.6 is 0 Å². The van der Waals surface area contributed by atoms with Gasteiger partial charge in [-0.2, -0.15) is 0 Å². The molecule has 6 nitrogen and oxygen atoms in total. The van der Waals surface area contributed by atoms with Gasteiger partial charge in [-0.3, -0.25) is 0 Å². The van der Waals surface area contributed by atoms with Crippen molar-refractivity contribution >= 4 is 10.0 Å². The van der Waals surface area contributed by atoms with Gasteiger partial charge in [0.15, 0.2) is 5.03 Å². The first kappa shape index (κ1) is 11.6. The third-order valence-corrected chi connectivity index (χ3v) is 4.36. The molecule has 16 heavy (non-hydrogen) atoms. The minimum Gasteiger partial charge on any atom is -0.337 e. The van der Waals surface area contributed by atoms with Crippen molar-refractivity contribution in [3.63, 3.8) is 0 Å². The Morgan fingerprint density at radius 1 is 1.56 bits per heavy atom. The van der Waals surface area contributed by atoms with E-state index in [0.717, 1.165) is 12.8 Å². The number of hydrogen-bond donors (Lipinski definition) is 2. The molecular weight excluding hydrogens is 228 g/mol. The standard InChI is InChI=1S/C9H16N4O2S/c1-6-11-9(5-13(6)2)16(14,15)12-8-4-3-7(8)10/h5,7-8,12H,3-4,10H2,1-2H3/t7-,8+/m0/s1. The lowest BCUT2D eigenvalue weighted by Gasteiger charge is -2.33. The fourth-order valence-electron chi connectivity index (χ4n) is 1.59. The number of nitrogens with two attached hydrogens (primary N) is 1. The molecule has 0 aromatic carbocycles. The number of imidazole rings is 1. The van der Waals surface area contributed by atoms with Gasteiger partial charge >= 0.3 is 0 Å². The zero-order chi connectivity index (χ0) is 11.9. The van der Waals surface area contributed by atoms with Crippen molar-refractivity contribution in [2.24, 2.45) is 12.8 Å². The van der Waals surface area contributed by atoms with Gasteiger partial charge in [0, 0.05) is 25.3 Å². The van der Waals surface area contributed by atoms with Crippen LogP contribution in [0.4, 0.5) is 0 Å². The number of hydrogen-bond acceptors (Lipinski definition) is 4. The van der Waals surface area contributed by atoms with Gasteiger partial charge in [0.1, 0.15) is 5.82 Å². The molecule has 0 bridgehead atoms. The van der Waals surface area contributed by atoms with Crippen LogP contribution in [0, 0.1) is 6.92 Å². The molecule has 7 heteroatoms. The van der Waals surface area contributed by atoms with Crippen LogP contribution < -0.4 is 10.5 Å². The van der Waals surface area contributed by atoms with Gasteiger partial charge in [-0.05, 0) is 19.8 Å². The van der Waals surface area contributed by atoms with Crippen LogP contribution in [0.2, 0.25) is 0 Å². The molecule has 0 amide bonds. The zero-order valence-electron chi connectivity index (χ0n) is 9.34. The first-order valence-corrected chi connectivity index (χ1v) is 6.66. The number of rotatable bonds is 3. The molecule has 1 aromatic rings. The molecule has 0 saturated heterocycles. The van der Waals surface area contributed by atoms with Gasteiger partial charge in [0.25, 0.3) is 10.0 Å². The second kappa shape index (κ2) is 3.83. The maximum absolute atomic E-state index is 11.9. The molecule has 1 aliphatic carbocycles. The van der Waals surface area contributed by atoms with E-state index in [-0.39, 0.29) is 17.1 Å². The first-order chi connectivity index (χ1) is 7.40. The Balaban J connectivity index is 2.18. The maximum atomic E-state index is 11.9. The lowest BCUT2D eigenvalue weighted by atomic mass is 9.88. The van der Waals surface area contributed by atoms with Gasteiger partial charge in [-0.15, -0.1) is 0 Å². The van der Waals surface area contributed by atoms with Crippen molar-refractivity contribution in [3.05, 3.63) is 12.0 Å². The molecule has 2 rings (SSSR count). The Morgan fingerprint density at radius 3 is 2.62 bits per heavy atom. The highest BCUT2D eigenvalue weighted by molar-refractivity contribution is 7.89. The topological polar surface area (TPSA) is 90.0 Å². The third kappa shape index (κ3) is 1.98. The summed E-state index contributed by atoms with van der Waals surface area (Å²) in [6.07, 6.45) is 3.17. The van der Waals surface area contributed by atoms with Crippen LogP contribution in [0.25, 0.3) is 0 Å². The summed E-state index contributed by atoms with van der Waals surface area (Å²) in [5, 5.41) is 0.0617. The molecule has 90 valence electrons. The van der Waals surface area contributed by atoms with Crippen molar-refractivity contribution < 1.29 is 8.42 Å². The van der Waals surface area contributed by atoms with Crippen LogP contribution in [0.15, 0.2) is 11.2 Å². The molecule has 0 aliphatic heterocycles. The Labute approximate surface area is 94.9 Å². The lowest BCUT2D eigenvalue weighted by molar-refractivity contribution is 0.321. The van der Waals surface area contributed by atoms with Crippen molar-refractivity contribution in [2.45, 2.75) is 36.9 Å². The van der Waals surface area contributed by atoms with Crippen LogP contribution in [0.5, 0.6) is 0 Å². The predicted octanol–water partition coefficient (Wildman–Crippen LogP) is -0.503. The molecule has 0 radical (unpaired) electrons. The Hall–Kier alpha value is -0.920. The van der Waals surface area contributed by atoms with Gasteiger partial charge in [0.2, 0.25) is 0 Å². The molecule has 2 atom stereocenters. The number of aromatic nitrogens is 2. The SMILES string of the molecule is Cc1nc(S(=O)(=O)N[C@@H]2CC[C@@H]2N)cn1C. The molecule has 1 aliphatic rings. The lowest BCUT2D eigenvalue weighted by Crippen LogP contribution is -2.54. The molecule has 0 unspecified atom stereocenters.